The Morgan fingerprint density at radius 1 is 1.18 bits per heavy atom. The number of thiazole rings is 1. The molecule has 0 N–H and O–H groups in total. The number of carbonyl (C=O) groups excluding carboxylic acids is 2. The van der Waals surface area contributed by atoms with Crippen LogP contribution >= 0.6 is 11.3 Å². The first-order chi connectivity index (χ1) is 10.6. The second-order valence-electron chi connectivity index (χ2n) is 6.45. The lowest BCUT2D eigenvalue weighted by Crippen LogP contribution is -2.32. The minimum atomic E-state index is -0.136. The van der Waals surface area contributed by atoms with Crippen LogP contribution in [0.25, 0.3) is 0 Å². The number of hydrogen-bond acceptors (Lipinski definition) is 6. The molecule has 0 saturated carbocycles. The molecule has 2 unspecified atom stereocenters. The molecule has 3 aliphatic heterocycles. The van der Waals surface area contributed by atoms with Gasteiger partial charge in [-0.3, -0.25) is 19.4 Å². The van der Waals surface area contributed by atoms with Gasteiger partial charge in [0.1, 0.15) is 0 Å². The van der Waals surface area contributed by atoms with Gasteiger partial charge < -0.3 is 4.90 Å². The van der Waals surface area contributed by atoms with Crippen LogP contribution in [-0.2, 0) is 16.1 Å². The number of likely N-dealkylation sites (tertiary alicyclic amines) is 2. The number of amides is 2. The van der Waals surface area contributed by atoms with Crippen molar-refractivity contribution >= 4 is 28.3 Å². The second kappa shape index (κ2) is 5.31. The Kier molecular flexibility index (Phi) is 3.41. The summed E-state index contributed by atoms with van der Waals surface area (Å²) in [6, 6.07) is 0. The van der Waals surface area contributed by atoms with Crippen molar-refractivity contribution < 1.29 is 9.59 Å². The molecule has 3 saturated heterocycles. The lowest BCUT2D eigenvalue weighted by molar-refractivity contribution is -0.138. The molecule has 0 radical (unpaired) electrons. The molecule has 0 aliphatic carbocycles. The molecule has 118 valence electrons. The van der Waals surface area contributed by atoms with E-state index in [1.54, 1.807) is 18.4 Å². The van der Waals surface area contributed by atoms with Gasteiger partial charge in [0.2, 0.25) is 11.8 Å². The molecule has 7 heteroatoms. The predicted molar refractivity (Wildman–Crippen MR) is 83.6 cm³/mol. The summed E-state index contributed by atoms with van der Waals surface area (Å²) in [5, 5.41) is 1.11. The zero-order valence-electron chi connectivity index (χ0n) is 12.7. The summed E-state index contributed by atoms with van der Waals surface area (Å²) >= 11 is 1.74. The fraction of sp³-hybridized carbons (Fsp3) is 0.667. The maximum atomic E-state index is 12.0. The third kappa shape index (κ3) is 2.23. The zero-order valence-corrected chi connectivity index (χ0v) is 13.5. The van der Waals surface area contributed by atoms with E-state index in [4.69, 9.17) is 0 Å². The monoisotopic (exact) mass is 320 g/mol. The van der Waals surface area contributed by atoms with Crippen LogP contribution < -0.4 is 4.90 Å². The Labute approximate surface area is 133 Å². The van der Waals surface area contributed by atoms with Crippen LogP contribution in [0.1, 0.15) is 17.7 Å². The Balaban J connectivity index is 1.41. The highest BCUT2D eigenvalue weighted by atomic mass is 32.1. The standard InChI is InChI=1S/C15H20N4O2S/c1-17-13(20)11-8-18(9-12(11)14(17)21)7-10-6-16-15(22-10)19-4-2-3-5-19/h6,11-12H,2-5,7-9H2,1H3. The highest BCUT2D eigenvalue weighted by molar-refractivity contribution is 7.15. The van der Waals surface area contributed by atoms with E-state index >= 15 is 0 Å². The molecule has 2 atom stereocenters. The first kappa shape index (κ1) is 14.1. The summed E-state index contributed by atoms with van der Waals surface area (Å²) < 4.78 is 0. The summed E-state index contributed by atoms with van der Waals surface area (Å²) in [7, 11) is 1.60. The molecule has 22 heavy (non-hydrogen) atoms. The van der Waals surface area contributed by atoms with Gasteiger partial charge in [-0.2, -0.15) is 0 Å². The Morgan fingerprint density at radius 3 is 2.45 bits per heavy atom. The van der Waals surface area contributed by atoms with Gasteiger partial charge in [0.25, 0.3) is 0 Å². The number of hydrogen-bond donors (Lipinski definition) is 0. The number of carbonyl (C=O) groups is 2. The average molecular weight is 320 g/mol. The Hall–Kier alpha value is -1.47. The first-order valence-electron chi connectivity index (χ1n) is 7.87. The number of fused-ring (bicyclic) bond motifs is 1. The van der Waals surface area contributed by atoms with E-state index in [9.17, 15) is 9.59 Å². The number of nitrogens with zero attached hydrogens (tertiary/aromatic N) is 4. The number of rotatable bonds is 3. The van der Waals surface area contributed by atoms with Gasteiger partial charge in [-0.15, -0.1) is 11.3 Å². The largest absolute Gasteiger partial charge is 0.348 e. The van der Waals surface area contributed by atoms with Gasteiger partial charge in [-0.1, -0.05) is 0 Å². The van der Waals surface area contributed by atoms with Crippen LogP contribution in [0.15, 0.2) is 6.20 Å². The van der Waals surface area contributed by atoms with E-state index in [1.165, 1.54) is 22.6 Å². The highest BCUT2D eigenvalue weighted by Crippen LogP contribution is 2.34. The maximum absolute atomic E-state index is 12.0. The number of aromatic nitrogens is 1. The average Bonchev–Trinajstić information content (AvgIpc) is 3.26. The molecule has 0 spiro atoms. The summed E-state index contributed by atoms with van der Waals surface area (Å²) in [6.07, 6.45) is 4.45. The fourth-order valence-electron chi connectivity index (χ4n) is 3.77. The van der Waals surface area contributed by atoms with Gasteiger partial charge in [0.15, 0.2) is 5.13 Å². The minimum absolute atomic E-state index is 0.0143. The van der Waals surface area contributed by atoms with Gasteiger partial charge in [-0.05, 0) is 12.8 Å². The number of imide groups is 1. The third-order valence-electron chi connectivity index (χ3n) is 4.99. The zero-order chi connectivity index (χ0) is 15.3. The van der Waals surface area contributed by atoms with Crippen LogP contribution in [-0.4, -0.2) is 59.8 Å². The molecule has 3 aliphatic rings. The van der Waals surface area contributed by atoms with Crippen molar-refractivity contribution in [2.24, 2.45) is 11.8 Å². The van der Waals surface area contributed by atoms with E-state index in [-0.39, 0.29) is 23.7 Å². The summed E-state index contributed by atoms with van der Waals surface area (Å²) in [5.41, 5.74) is 0. The second-order valence-corrected chi connectivity index (χ2v) is 7.54. The lowest BCUT2D eigenvalue weighted by atomic mass is 10.00. The van der Waals surface area contributed by atoms with Gasteiger partial charge >= 0.3 is 0 Å². The molecule has 1 aromatic rings. The van der Waals surface area contributed by atoms with Crippen molar-refractivity contribution in [1.29, 1.82) is 0 Å². The fourth-order valence-corrected chi connectivity index (χ4v) is 4.77. The SMILES string of the molecule is CN1C(=O)C2CN(Cc3cnc(N4CCCC4)s3)CC2C1=O. The predicted octanol–water partition coefficient (Wildman–Crippen LogP) is 0.790. The molecule has 3 fully saturated rings. The topological polar surface area (TPSA) is 56.8 Å². The van der Waals surface area contributed by atoms with Crippen LogP contribution in [0.5, 0.6) is 0 Å². The van der Waals surface area contributed by atoms with Crippen LogP contribution in [0.2, 0.25) is 0 Å². The third-order valence-corrected chi connectivity index (χ3v) is 6.03. The van der Waals surface area contributed by atoms with Crippen molar-refractivity contribution in [3.63, 3.8) is 0 Å². The number of anilines is 1. The van der Waals surface area contributed by atoms with E-state index in [1.807, 2.05) is 6.20 Å². The van der Waals surface area contributed by atoms with E-state index in [2.05, 4.69) is 14.8 Å². The van der Waals surface area contributed by atoms with Gasteiger partial charge in [0, 0.05) is 50.8 Å². The van der Waals surface area contributed by atoms with E-state index in [0.717, 1.165) is 24.8 Å². The van der Waals surface area contributed by atoms with E-state index < -0.39 is 0 Å². The molecular weight excluding hydrogens is 300 g/mol. The normalized spacial score (nSPS) is 29.0. The van der Waals surface area contributed by atoms with Gasteiger partial charge in [-0.25, -0.2) is 4.98 Å². The Bertz CT molecular complexity index is 586. The van der Waals surface area contributed by atoms with Crippen LogP contribution in [0.3, 0.4) is 0 Å². The summed E-state index contributed by atoms with van der Waals surface area (Å²) in [6.45, 7) is 4.39. The van der Waals surface area contributed by atoms with Crippen molar-refractivity contribution in [3.8, 4) is 0 Å². The lowest BCUT2D eigenvalue weighted by Gasteiger charge is -2.17. The summed E-state index contributed by atoms with van der Waals surface area (Å²) in [4.78, 5) is 35.7. The molecule has 1 aromatic heterocycles. The van der Waals surface area contributed by atoms with Gasteiger partial charge in [0.05, 0.1) is 11.8 Å². The minimum Gasteiger partial charge on any atom is -0.348 e. The van der Waals surface area contributed by atoms with E-state index in [0.29, 0.717) is 13.1 Å². The summed E-state index contributed by atoms with van der Waals surface area (Å²) in [5.74, 6) is -0.300. The molecule has 0 aromatic carbocycles. The molecule has 6 nitrogen and oxygen atoms in total. The maximum Gasteiger partial charge on any atom is 0.234 e. The quantitative estimate of drug-likeness (QED) is 0.771. The Morgan fingerprint density at radius 2 is 1.82 bits per heavy atom. The van der Waals surface area contributed by atoms with Crippen molar-refractivity contribution in [2.45, 2.75) is 19.4 Å². The molecule has 0 bridgehead atoms. The highest BCUT2D eigenvalue weighted by Gasteiger charge is 2.50. The van der Waals surface area contributed by atoms with Crippen molar-refractivity contribution in [2.75, 3.05) is 38.1 Å². The molecule has 2 amide bonds. The first-order valence-corrected chi connectivity index (χ1v) is 8.68. The molecule has 4 heterocycles. The van der Waals surface area contributed by atoms with Crippen molar-refractivity contribution in [3.05, 3.63) is 11.1 Å². The van der Waals surface area contributed by atoms with Crippen LogP contribution in [0, 0.1) is 11.8 Å². The molecule has 4 rings (SSSR count). The molecular formula is C15H20N4O2S. The van der Waals surface area contributed by atoms with Crippen LogP contribution in [0.4, 0.5) is 5.13 Å². The smallest absolute Gasteiger partial charge is 0.234 e. The van der Waals surface area contributed by atoms with Crippen molar-refractivity contribution in [1.82, 2.24) is 14.8 Å².